The Hall–Kier alpha value is -0.950. The Morgan fingerprint density at radius 1 is 1.10 bits per heavy atom. The number of ether oxygens (including phenoxy) is 2. The molecule has 3 fully saturated rings. The van der Waals surface area contributed by atoms with Gasteiger partial charge in [0.2, 0.25) is 0 Å². The predicted octanol–water partition coefficient (Wildman–Crippen LogP) is 3.66. The molecule has 1 aromatic rings. The van der Waals surface area contributed by atoms with Crippen LogP contribution in [0.2, 0.25) is 0 Å². The van der Waals surface area contributed by atoms with Crippen molar-refractivity contribution >= 4 is 11.0 Å². The summed E-state index contributed by atoms with van der Waals surface area (Å²) in [6, 6.07) is 9.02. The molecule has 0 bridgehead atoms. The van der Waals surface area contributed by atoms with Gasteiger partial charge in [0.1, 0.15) is 5.75 Å². The van der Waals surface area contributed by atoms with Crippen molar-refractivity contribution in [2.45, 2.75) is 87.6 Å². The maximum atomic E-state index is 12.3. The third kappa shape index (κ3) is 5.81. The fourth-order valence-electron chi connectivity index (χ4n) is 4.68. The van der Waals surface area contributed by atoms with E-state index in [9.17, 15) is 4.21 Å². The van der Waals surface area contributed by atoms with E-state index >= 15 is 0 Å². The zero-order valence-electron chi connectivity index (χ0n) is 17.6. The second kappa shape index (κ2) is 10.4. The summed E-state index contributed by atoms with van der Waals surface area (Å²) in [4.78, 5) is 0. The zero-order chi connectivity index (χ0) is 20.1. The summed E-state index contributed by atoms with van der Waals surface area (Å²) in [6.07, 6.45) is 9.28. The Bertz CT molecular complexity index is 674. The molecule has 2 N–H and O–H groups in total. The Balaban J connectivity index is 1.24. The SMILES string of the molecule is CCOc1ccccc1C1CCC(OCC2NCCCC2NS(=O)C2CC2)CC1. The first kappa shape index (κ1) is 21.3. The molecule has 0 spiro atoms. The van der Waals surface area contributed by atoms with Crippen molar-refractivity contribution in [3.05, 3.63) is 29.8 Å². The predicted molar refractivity (Wildman–Crippen MR) is 118 cm³/mol. The van der Waals surface area contributed by atoms with Crippen molar-refractivity contribution in [2.24, 2.45) is 0 Å². The van der Waals surface area contributed by atoms with Crippen molar-refractivity contribution in [1.29, 1.82) is 0 Å². The van der Waals surface area contributed by atoms with Crippen LogP contribution in [0.5, 0.6) is 5.75 Å². The van der Waals surface area contributed by atoms with Crippen LogP contribution in [0.4, 0.5) is 0 Å². The van der Waals surface area contributed by atoms with E-state index in [2.05, 4.69) is 34.3 Å². The highest BCUT2D eigenvalue weighted by molar-refractivity contribution is 7.84. The Kier molecular flexibility index (Phi) is 7.62. The van der Waals surface area contributed by atoms with E-state index in [4.69, 9.17) is 9.47 Å². The van der Waals surface area contributed by atoms with Gasteiger partial charge in [-0.3, -0.25) is 0 Å². The van der Waals surface area contributed by atoms with Crippen LogP contribution in [0, 0.1) is 0 Å². The van der Waals surface area contributed by atoms with Gasteiger partial charge in [-0.05, 0) is 82.4 Å². The first-order valence-electron chi connectivity index (χ1n) is 11.5. The maximum absolute atomic E-state index is 12.3. The highest BCUT2D eigenvalue weighted by atomic mass is 32.2. The van der Waals surface area contributed by atoms with Gasteiger partial charge in [0.05, 0.1) is 30.3 Å². The van der Waals surface area contributed by atoms with Crippen molar-refractivity contribution in [1.82, 2.24) is 10.0 Å². The average molecular weight is 421 g/mol. The largest absolute Gasteiger partial charge is 0.494 e. The van der Waals surface area contributed by atoms with Gasteiger partial charge in [-0.1, -0.05) is 18.2 Å². The number of hydrogen-bond donors (Lipinski definition) is 2. The van der Waals surface area contributed by atoms with Crippen LogP contribution in [0.3, 0.4) is 0 Å². The summed E-state index contributed by atoms with van der Waals surface area (Å²) in [5.74, 6) is 1.61. The smallest absolute Gasteiger partial charge is 0.122 e. The van der Waals surface area contributed by atoms with E-state index in [1.165, 1.54) is 5.56 Å². The van der Waals surface area contributed by atoms with Crippen LogP contribution >= 0.6 is 0 Å². The Morgan fingerprint density at radius 2 is 1.90 bits per heavy atom. The lowest BCUT2D eigenvalue weighted by molar-refractivity contribution is 0.00517. The minimum absolute atomic E-state index is 0.264. The lowest BCUT2D eigenvalue weighted by atomic mass is 9.82. The molecule has 1 saturated heterocycles. The average Bonchev–Trinajstić information content (AvgIpc) is 3.60. The van der Waals surface area contributed by atoms with Gasteiger partial charge < -0.3 is 14.8 Å². The minimum Gasteiger partial charge on any atom is -0.494 e. The van der Waals surface area contributed by atoms with E-state index in [-0.39, 0.29) is 12.1 Å². The standard InChI is InChI=1S/C23H36N2O3S/c1-2-27-23-8-4-3-6-20(23)17-9-11-18(12-10-17)28-16-22-21(7-5-15-24-22)25-29(26)19-13-14-19/h3-4,6,8,17-19,21-22,24-25H,2,5,7,9-16H2,1H3. The third-order valence-corrected chi connectivity index (χ3v) is 8.14. The molecule has 3 aliphatic rings. The number of piperidine rings is 1. The van der Waals surface area contributed by atoms with Gasteiger partial charge in [0, 0.05) is 17.3 Å². The number of para-hydroxylation sites is 1. The molecule has 6 heteroatoms. The second-order valence-corrected chi connectivity index (χ2v) is 10.2. The van der Waals surface area contributed by atoms with Crippen molar-refractivity contribution in [2.75, 3.05) is 19.8 Å². The molecule has 0 radical (unpaired) electrons. The normalized spacial score (nSPS) is 31.3. The number of nitrogens with one attached hydrogen (secondary N) is 2. The molecule has 0 aromatic heterocycles. The number of hydrogen-bond acceptors (Lipinski definition) is 4. The van der Waals surface area contributed by atoms with E-state index in [1.807, 2.05) is 6.92 Å². The summed E-state index contributed by atoms with van der Waals surface area (Å²) in [6.45, 7) is 4.50. The molecule has 0 amide bonds. The molecule has 5 nitrogen and oxygen atoms in total. The lowest BCUT2D eigenvalue weighted by Crippen LogP contribution is -2.55. The van der Waals surface area contributed by atoms with Crippen LogP contribution in [0.1, 0.15) is 69.8 Å². The van der Waals surface area contributed by atoms with Crippen molar-refractivity contribution < 1.29 is 13.7 Å². The number of rotatable bonds is 9. The Morgan fingerprint density at radius 3 is 2.66 bits per heavy atom. The molecule has 2 saturated carbocycles. The molecule has 29 heavy (non-hydrogen) atoms. The molecule has 4 rings (SSSR count). The van der Waals surface area contributed by atoms with Crippen molar-refractivity contribution in [3.63, 3.8) is 0 Å². The monoisotopic (exact) mass is 420 g/mol. The van der Waals surface area contributed by atoms with Crippen molar-refractivity contribution in [3.8, 4) is 5.75 Å². The van der Waals surface area contributed by atoms with Gasteiger partial charge in [-0.25, -0.2) is 8.93 Å². The topological polar surface area (TPSA) is 59.6 Å². The van der Waals surface area contributed by atoms with Crippen LogP contribution < -0.4 is 14.8 Å². The molecule has 1 heterocycles. The highest BCUT2D eigenvalue weighted by Crippen LogP contribution is 2.38. The molecule has 2 aliphatic carbocycles. The zero-order valence-corrected chi connectivity index (χ0v) is 18.4. The highest BCUT2D eigenvalue weighted by Gasteiger charge is 2.34. The van der Waals surface area contributed by atoms with Crippen LogP contribution in [-0.2, 0) is 15.7 Å². The summed E-state index contributed by atoms with van der Waals surface area (Å²) < 4.78 is 27.8. The maximum Gasteiger partial charge on any atom is 0.122 e. The van der Waals surface area contributed by atoms with E-state index in [0.717, 1.165) is 63.7 Å². The summed E-state index contributed by atoms with van der Waals surface area (Å²) >= 11 is 0. The van der Waals surface area contributed by atoms with Crippen LogP contribution in [0.15, 0.2) is 24.3 Å². The molecule has 1 aliphatic heterocycles. The lowest BCUT2D eigenvalue weighted by Gasteiger charge is -2.35. The van der Waals surface area contributed by atoms with Gasteiger partial charge in [-0.15, -0.1) is 0 Å². The number of benzene rings is 1. The van der Waals surface area contributed by atoms with E-state index in [0.29, 0.717) is 30.5 Å². The quantitative estimate of drug-likeness (QED) is 0.640. The fourth-order valence-corrected chi connectivity index (χ4v) is 6.02. The minimum atomic E-state index is -0.875. The van der Waals surface area contributed by atoms with E-state index < -0.39 is 11.0 Å². The van der Waals surface area contributed by atoms with Gasteiger partial charge in [0.25, 0.3) is 0 Å². The summed E-state index contributed by atoms with van der Waals surface area (Å²) in [5, 5.41) is 3.97. The molecular weight excluding hydrogens is 384 g/mol. The third-order valence-electron chi connectivity index (χ3n) is 6.52. The molecule has 1 aromatic carbocycles. The van der Waals surface area contributed by atoms with E-state index in [1.54, 1.807) is 0 Å². The molecule has 162 valence electrons. The fraction of sp³-hybridized carbons (Fsp3) is 0.739. The van der Waals surface area contributed by atoms with Gasteiger partial charge >= 0.3 is 0 Å². The molecular formula is C23H36N2O3S. The first-order valence-corrected chi connectivity index (χ1v) is 12.7. The molecule has 3 atom stereocenters. The Labute approximate surface area is 177 Å². The van der Waals surface area contributed by atoms with Gasteiger partial charge in [-0.2, -0.15) is 0 Å². The summed E-state index contributed by atoms with van der Waals surface area (Å²) in [5.41, 5.74) is 1.36. The summed E-state index contributed by atoms with van der Waals surface area (Å²) in [7, 11) is -0.875. The van der Waals surface area contributed by atoms with Crippen LogP contribution in [0.25, 0.3) is 0 Å². The second-order valence-electron chi connectivity index (χ2n) is 8.70. The first-order chi connectivity index (χ1) is 14.2. The van der Waals surface area contributed by atoms with Gasteiger partial charge in [0.15, 0.2) is 0 Å². The molecule has 3 unspecified atom stereocenters. The van der Waals surface area contributed by atoms with Crippen LogP contribution in [-0.4, -0.2) is 47.4 Å².